The zero-order chi connectivity index (χ0) is 16.8. The van der Waals surface area contributed by atoms with E-state index in [2.05, 4.69) is 10.9 Å². The molecule has 1 aromatic carbocycles. The number of nitrogens with one attached hydrogen (secondary N) is 2. The highest BCUT2D eigenvalue weighted by Crippen LogP contribution is 2.22. The number of hydrogen-bond acceptors (Lipinski definition) is 4. The smallest absolute Gasteiger partial charge is 0.273 e. The second kappa shape index (κ2) is 7.80. The molecule has 1 aromatic heterocycles. The summed E-state index contributed by atoms with van der Waals surface area (Å²) in [6.07, 6.45) is 3.05. The molecule has 0 bridgehead atoms. The van der Waals surface area contributed by atoms with Gasteiger partial charge in [-0.1, -0.05) is 11.6 Å². The predicted octanol–water partition coefficient (Wildman–Crippen LogP) is 3.19. The van der Waals surface area contributed by atoms with Gasteiger partial charge in [-0.05, 0) is 48.2 Å². The van der Waals surface area contributed by atoms with Crippen LogP contribution in [0.2, 0.25) is 5.02 Å². The van der Waals surface area contributed by atoms with E-state index in [4.69, 9.17) is 16.3 Å². The average Bonchev–Trinajstić information content (AvgIpc) is 2.95. The Morgan fingerprint density at radius 2 is 2.04 bits per heavy atom. The molecule has 0 unspecified atom stereocenters. The van der Waals surface area contributed by atoms with Crippen molar-refractivity contribution in [2.45, 2.75) is 6.92 Å². The Morgan fingerprint density at radius 1 is 1.26 bits per heavy atom. The molecule has 0 fully saturated rings. The molecule has 1 heterocycles. The number of benzene rings is 1. The first-order chi connectivity index (χ1) is 11.0. The van der Waals surface area contributed by atoms with E-state index < -0.39 is 11.8 Å². The molecular weight excluding hydrogens is 336 g/mol. The van der Waals surface area contributed by atoms with Gasteiger partial charge in [-0.25, -0.2) is 0 Å². The van der Waals surface area contributed by atoms with Gasteiger partial charge < -0.3 is 4.74 Å². The Labute approximate surface area is 142 Å². The molecule has 2 aromatic rings. The van der Waals surface area contributed by atoms with Crippen LogP contribution in [0.15, 0.2) is 35.7 Å². The molecule has 0 atom stereocenters. The molecule has 2 rings (SSSR count). The summed E-state index contributed by atoms with van der Waals surface area (Å²) in [5.41, 5.74) is 5.96. The lowest BCUT2D eigenvalue weighted by Gasteiger charge is -2.09. The molecule has 120 valence electrons. The quantitative estimate of drug-likeness (QED) is 0.657. The molecule has 2 N–H and O–H groups in total. The fraction of sp³-hybridized carbons (Fsp3) is 0.125. The highest BCUT2D eigenvalue weighted by Gasteiger charge is 2.13. The Kier molecular flexibility index (Phi) is 5.78. The fourth-order valence-electron chi connectivity index (χ4n) is 1.79. The number of halogens is 1. The van der Waals surface area contributed by atoms with Gasteiger partial charge in [0.2, 0.25) is 0 Å². The predicted molar refractivity (Wildman–Crippen MR) is 91.7 cm³/mol. The summed E-state index contributed by atoms with van der Waals surface area (Å²) < 4.78 is 5.09. The van der Waals surface area contributed by atoms with Crippen LogP contribution in [-0.4, -0.2) is 18.9 Å². The van der Waals surface area contributed by atoms with E-state index in [9.17, 15) is 9.59 Å². The van der Waals surface area contributed by atoms with Crippen molar-refractivity contribution in [1.82, 2.24) is 10.9 Å². The monoisotopic (exact) mass is 350 g/mol. The topological polar surface area (TPSA) is 67.4 Å². The standard InChI is InChI=1S/C16H15ClN2O3S/c1-10-7-8-23-14(10)5-6-15(20)18-19-16(21)12-9-11(17)3-4-13(12)22-2/h3-9H,1-2H3,(H,18,20)(H,19,21)/b6-5+. The minimum atomic E-state index is -0.515. The van der Waals surface area contributed by atoms with Gasteiger partial charge in [-0.2, -0.15) is 0 Å². The SMILES string of the molecule is COc1ccc(Cl)cc1C(=O)NNC(=O)/C=C/c1sccc1C. The first-order valence-electron chi connectivity index (χ1n) is 6.67. The zero-order valence-electron chi connectivity index (χ0n) is 12.6. The van der Waals surface area contributed by atoms with Crippen molar-refractivity contribution in [2.24, 2.45) is 0 Å². The second-order valence-electron chi connectivity index (χ2n) is 4.59. The third-order valence-corrected chi connectivity index (χ3v) is 4.21. The maximum absolute atomic E-state index is 12.1. The number of carbonyl (C=O) groups is 2. The lowest BCUT2D eigenvalue weighted by molar-refractivity contribution is -0.117. The second-order valence-corrected chi connectivity index (χ2v) is 5.97. The van der Waals surface area contributed by atoms with Crippen molar-refractivity contribution in [3.8, 4) is 5.75 Å². The molecule has 23 heavy (non-hydrogen) atoms. The van der Waals surface area contributed by atoms with Gasteiger partial charge in [0.15, 0.2) is 0 Å². The summed E-state index contributed by atoms with van der Waals surface area (Å²) >= 11 is 7.40. The third-order valence-electron chi connectivity index (χ3n) is 2.99. The number of rotatable bonds is 4. The largest absolute Gasteiger partial charge is 0.496 e. The molecular formula is C16H15ClN2O3S. The number of aryl methyl sites for hydroxylation is 1. The van der Waals surface area contributed by atoms with Crippen LogP contribution in [0.25, 0.3) is 6.08 Å². The van der Waals surface area contributed by atoms with Crippen LogP contribution in [0, 0.1) is 6.92 Å². The van der Waals surface area contributed by atoms with Crippen molar-refractivity contribution in [3.63, 3.8) is 0 Å². The molecule has 0 aliphatic rings. The summed E-state index contributed by atoms with van der Waals surface area (Å²) in [4.78, 5) is 24.8. The van der Waals surface area contributed by atoms with E-state index in [1.165, 1.54) is 30.6 Å². The van der Waals surface area contributed by atoms with Gasteiger partial charge in [0.05, 0.1) is 12.7 Å². The van der Waals surface area contributed by atoms with Gasteiger partial charge in [-0.3, -0.25) is 20.4 Å². The van der Waals surface area contributed by atoms with Gasteiger partial charge in [0.1, 0.15) is 5.75 Å². The van der Waals surface area contributed by atoms with Crippen LogP contribution in [0.1, 0.15) is 20.8 Å². The Morgan fingerprint density at radius 3 is 2.70 bits per heavy atom. The number of amides is 2. The number of methoxy groups -OCH3 is 1. The minimum Gasteiger partial charge on any atom is -0.496 e. The molecule has 0 aliphatic carbocycles. The molecule has 0 radical (unpaired) electrons. The van der Waals surface area contributed by atoms with E-state index in [1.54, 1.807) is 18.2 Å². The number of thiophene rings is 1. The van der Waals surface area contributed by atoms with Crippen LogP contribution >= 0.6 is 22.9 Å². The van der Waals surface area contributed by atoms with Gasteiger partial charge in [-0.15, -0.1) is 11.3 Å². The van der Waals surface area contributed by atoms with Crippen molar-refractivity contribution < 1.29 is 14.3 Å². The molecule has 0 saturated carbocycles. The van der Waals surface area contributed by atoms with Crippen LogP contribution < -0.4 is 15.6 Å². The van der Waals surface area contributed by atoms with Crippen LogP contribution in [-0.2, 0) is 4.79 Å². The highest BCUT2D eigenvalue weighted by molar-refractivity contribution is 7.11. The number of ether oxygens (including phenoxy) is 1. The molecule has 0 spiro atoms. The maximum atomic E-state index is 12.1. The lowest BCUT2D eigenvalue weighted by Crippen LogP contribution is -2.40. The fourth-order valence-corrected chi connectivity index (χ4v) is 2.78. The Balaban J connectivity index is 1.96. The lowest BCUT2D eigenvalue weighted by atomic mass is 10.2. The van der Waals surface area contributed by atoms with E-state index >= 15 is 0 Å². The number of hydrazine groups is 1. The first-order valence-corrected chi connectivity index (χ1v) is 7.93. The van der Waals surface area contributed by atoms with E-state index in [-0.39, 0.29) is 5.56 Å². The van der Waals surface area contributed by atoms with Gasteiger partial charge >= 0.3 is 0 Å². The Bertz CT molecular complexity index is 756. The van der Waals surface area contributed by atoms with Crippen molar-refractivity contribution >= 4 is 40.8 Å². The molecule has 0 saturated heterocycles. The van der Waals surface area contributed by atoms with Crippen LogP contribution in [0.5, 0.6) is 5.75 Å². The van der Waals surface area contributed by atoms with Crippen LogP contribution in [0.3, 0.4) is 0 Å². The highest BCUT2D eigenvalue weighted by atomic mass is 35.5. The van der Waals surface area contributed by atoms with E-state index in [0.29, 0.717) is 10.8 Å². The van der Waals surface area contributed by atoms with Crippen molar-refractivity contribution in [3.05, 3.63) is 56.7 Å². The van der Waals surface area contributed by atoms with Crippen molar-refractivity contribution in [1.29, 1.82) is 0 Å². The summed E-state index contributed by atoms with van der Waals surface area (Å²) in [5.74, 6) is -0.587. The summed E-state index contributed by atoms with van der Waals surface area (Å²) in [6.45, 7) is 1.96. The summed E-state index contributed by atoms with van der Waals surface area (Å²) in [5, 5.41) is 2.34. The first kappa shape index (κ1) is 17.1. The molecule has 2 amide bonds. The molecule has 5 nitrogen and oxygen atoms in total. The summed E-state index contributed by atoms with van der Waals surface area (Å²) in [7, 11) is 1.45. The van der Waals surface area contributed by atoms with Crippen LogP contribution in [0.4, 0.5) is 0 Å². The molecule has 7 heteroatoms. The van der Waals surface area contributed by atoms with E-state index in [1.807, 2.05) is 18.4 Å². The third kappa shape index (κ3) is 4.58. The number of carbonyl (C=O) groups excluding carboxylic acids is 2. The molecule has 0 aliphatic heterocycles. The average molecular weight is 351 g/mol. The van der Waals surface area contributed by atoms with Gasteiger partial charge in [0, 0.05) is 16.0 Å². The normalized spacial score (nSPS) is 10.6. The van der Waals surface area contributed by atoms with Gasteiger partial charge in [0.25, 0.3) is 11.8 Å². The number of hydrogen-bond donors (Lipinski definition) is 2. The minimum absolute atomic E-state index is 0.235. The zero-order valence-corrected chi connectivity index (χ0v) is 14.1. The van der Waals surface area contributed by atoms with Crippen molar-refractivity contribution in [2.75, 3.05) is 7.11 Å². The summed E-state index contributed by atoms with van der Waals surface area (Å²) in [6, 6.07) is 6.63. The van der Waals surface area contributed by atoms with E-state index in [0.717, 1.165) is 10.4 Å². The Hall–Kier alpha value is -2.31. The maximum Gasteiger partial charge on any atom is 0.273 e.